The number of nitrogens with two attached hydrogens (primary N) is 1. The van der Waals surface area contributed by atoms with Gasteiger partial charge in [0.25, 0.3) is 0 Å². The molecule has 0 fully saturated rings. The Hall–Kier alpha value is -1.53. The zero-order chi connectivity index (χ0) is 13.8. The highest BCUT2D eigenvalue weighted by Crippen LogP contribution is 2.30. The summed E-state index contributed by atoms with van der Waals surface area (Å²) in [4.78, 5) is 1.51. The van der Waals surface area contributed by atoms with Crippen molar-refractivity contribution in [2.45, 2.75) is 11.8 Å². The lowest BCUT2D eigenvalue weighted by Gasteiger charge is -2.13. The van der Waals surface area contributed by atoms with Gasteiger partial charge in [-0.1, -0.05) is 25.2 Å². The van der Waals surface area contributed by atoms with Gasteiger partial charge in [-0.25, -0.2) is 0 Å². The average molecular weight is 292 g/mol. The van der Waals surface area contributed by atoms with E-state index in [0.717, 1.165) is 27.6 Å². The maximum atomic E-state index is 5.86. The molecular formula is C13H16N4S2. The number of thioether (sulfide) groups is 1. The second-order valence-electron chi connectivity index (χ2n) is 4.00. The topological polar surface area (TPSA) is 55.9 Å². The molecule has 0 aliphatic rings. The lowest BCUT2D eigenvalue weighted by atomic mass is 10.1. The van der Waals surface area contributed by atoms with Crippen LogP contribution < -0.4 is 11.1 Å². The van der Waals surface area contributed by atoms with Gasteiger partial charge in [-0.05, 0) is 17.9 Å². The Balaban J connectivity index is 2.38. The molecule has 0 amide bonds. The number of benzene rings is 1. The summed E-state index contributed by atoms with van der Waals surface area (Å²) in [5, 5.41) is 7.44. The van der Waals surface area contributed by atoms with Crippen LogP contribution in [0.3, 0.4) is 0 Å². The number of rotatable bonds is 5. The standard InChI is InChI=1S/C13H16N4S2/c1-3-19-11-6-4-5-10(12(11)13(14)18)16-9-7-15-17(2)8-9/h4-8,16H,3H2,1-2H3,(H2,14,18). The molecule has 0 spiro atoms. The summed E-state index contributed by atoms with van der Waals surface area (Å²) in [6.07, 6.45) is 3.67. The predicted molar refractivity (Wildman–Crippen MR) is 85.2 cm³/mol. The molecule has 0 bridgehead atoms. The molecule has 0 atom stereocenters. The van der Waals surface area contributed by atoms with Crippen LogP contribution in [0.1, 0.15) is 12.5 Å². The molecule has 1 aromatic carbocycles. The lowest BCUT2D eigenvalue weighted by molar-refractivity contribution is 0.768. The average Bonchev–Trinajstić information content (AvgIpc) is 2.75. The third-order valence-corrected chi connectivity index (χ3v) is 3.70. The van der Waals surface area contributed by atoms with Crippen molar-refractivity contribution in [3.8, 4) is 0 Å². The lowest BCUT2D eigenvalue weighted by Crippen LogP contribution is -2.13. The highest BCUT2D eigenvalue weighted by Gasteiger charge is 2.11. The first-order chi connectivity index (χ1) is 9.11. The van der Waals surface area contributed by atoms with Crippen LogP contribution in [0.5, 0.6) is 0 Å². The van der Waals surface area contributed by atoms with E-state index in [2.05, 4.69) is 17.3 Å². The maximum absolute atomic E-state index is 5.86. The molecule has 0 unspecified atom stereocenters. The van der Waals surface area contributed by atoms with E-state index in [1.807, 2.05) is 31.4 Å². The number of nitrogens with zero attached hydrogens (tertiary/aromatic N) is 2. The molecule has 1 heterocycles. The summed E-state index contributed by atoms with van der Waals surface area (Å²) in [5.74, 6) is 0.978. The fourth-order valence-electron chi connectivity index (χ4n) is 1.81. The van der Waals surface area contributed by atoms with E-state index in [1.54, 1.807) is 22.6 Å². The molecule has 100 valence electrons. The number of nitrogens with one attached hydrogen (secondary N) is 1. The minimum Gasteiger partial charge on any atom is -0.389 e. The number of anilines is 2. The Morgan fingerprint density at radius 2 is 2.32 bits per heavy atom. The van der Waals surface area contributed by atoms with Gasteiger partial charge < -0.3 is 11.1 Å². The molecular weight excluding hydrogens is 276 g/mol. The Morgan fingerprint density at radius 3 is 2.89 bits per heavy atom. The number of aryl methyl sites for hydroxylation is 1. The first kappa shape index (κ1) is 13.9. The van der Waals surface area contributed by atoms with E-state index in [1.165, 1.54) is 0 Å². The molecule has 6 heteroatoms. The van der Waals surface area contributed by atoms with E-state index in [0.29, 0.717) is 4.99 Å². The predicted octanol–water partition coefficient (Wildman–Crippen LogP) is 2.91. The summed E-state index contributed by atoms with van der Waals surface area (Å²) in [7, 11) is 1.88. The number of hydrogen-bond donors (Lipinski definition) is 2. The SMILES string of the molecule is CCSc1cccc(Nc2cnn(C)c2)c1C(N)=S. The van der Waals surface area contributed by atoms with E-state index < -0.39 is 0 Å². The molecule has 0 aliphatic carbocycles. The van der Waals surface area contributed by atoms with Gasteiger partial charge in [-0.15, -0.1) is 11.8 Å². The van der Waals surface area contributed by atoms with Crippen LogP contribution >= 0.6 is 24.0 Å². The summed E-state index contributed by atoms with van der Waals surface area (Å²) in [5.41, 5.74) is 8.59. The van der Waals surface area contributed by atoms with E-state index in [-0.39, 0.29) is 0 Å². The van der Waals surface area contributed by atoms with Crippen molar-refractivity contribution in [2.75, 3.05) is 11.1 Å². The van der Waals surface area contributed by atoms with Gasteiger partial charge in [-0.2, -0.15) is 5.10 Å². The van der Waals surface area contributed by atoms with E-state index >= 15 is 0 Å². The van der Waals surface area contributed by atoms with Crippen molar-refractivity contribution in [3.05, 3.63) is 36.2 Å². The van der Waals surface area contributed by atoms with Gasteiger partial charge in [0.05, 0.1) is 11.9 Å². The Kier molecular flexibility index (Phi) is 4.44. The van der Waals surface area contributed by atoms with Crippen molar-refractivity contribution in [3.63, 3.8) is 0 Å². The summed E-state index contributed by atoms with van der Waals surface area (Å²) in [6.45, 7) is 2.11. The van der Waals surface area contributed by atoms with Crippen molar-refractivity contribution in [1.82, 2.24) is 9.78 Å². The molecule has 2 aromatic rings. The monoisotopic (exact) mass is 292 g/mol. The van der Waals surface area contributed by atoms with Gasteiger partial charge in [0, 0.05) is 29.4 Å². The Labute approximate surface area is 122 Å². The second kappa shape index (κ2) is 6.08. The Bertz CT molecular complexity index is 592. The second-order valence-corrected chi connectivity index (χ2v) is 5.75. The Morgan fingerprint density at radius 1 is 1.53 bits per heavy atom. The zero-order valence-corrected chi connectivity index (χ0v) is 12.5. The molecule has 19 heavy (non-hydrogen) atoms. The molecule has 3 N–H and O–H groups in total. The summed E-state index contributed by atoms with van der Waals surface area (Å²) in [6, 6.07) is 6.01. The van der Waals surface area contributed by atoms with Crippen LogP contribution in [0.2, 0.25) is 0 Å². The van der Waals surface area contributed by atoms with Crippen molar-refractivity contribution >= 4 is 40.3 Å². The van der Waals surface area contributed by atoms with Crippen LogP contribution in [0, 0.1) is 0 Å². The normalized spacial score (nSPS) is 10.4. The van der Waals surface area contributed by atoms with Crippen LogP contribution in [-0.4, -0.2) is 20.5 Å². The van der Waals surface area contributed by atoms with Gasteiger partial charge in [0.2, 0.25) is 0 Å². The van der Waals surface area contributed by atoms with Gasteiger partial charge in [0.1, 0.15) is 4.99 Å². The van der Waals surface area contributed by atoms with Gasteiger partial charge in [0.15, 0.2) is 0 Å². The fourth-order valence-corrected chi connectivity index (χ4v) is 2.94. The quantitative estimate of drug-likeness (QED) is 0.655. The molecule has 1 aromatic heterocycles. The van der Waals surface area contributed by atoms with Crippen LogP contribution in [-0.2, 0) is 7.05 Å². The molecule has 0 saturated heterocycles. The van der Waals surface area contributed by atoms with E-state index in [9.17, 15) is 0 Å². The molecule has 4 nitrogen and oxygen atoms in total. The first-order valence-corrected chi connectivity index (χ1v) is 7.32. The van der Waals surface area contributed by atoms with Crippen LogP contribution in [0.4, 0.5) is 11.4 Å². The number of hydrogen-bond acceptors (Lipinski definition) is 4. The van der Waals surface area contributed by atoms with Gasteiger partial charge >= 0.3 is 0 Å². The largest absolute Gasteiger partial charge is 0.389 e. The third kappa shape index (κ3) is 3.27. The van der Waals surface area contributed by atoms with E-state index in [4.69, 9.17) is 18.0 Å². The molecule has 0 saturated carbocycles. The fraction of sp³-hybridized carbons (Fsp3) is 0.231. The van der Waals surface area contributed by atoms with Crippen molar-refractivity contribution in [1.29, 1.82) is 0 Å². The summed E-state index contributed by atoms with van der Waals surface area (Å²) < 4.78 is 1.74. The molecule has 0 aliphatic heterocycles. The van der Waals surface area contributed by atoms with Crippen molar-refractivity contribution < 1.29 is 0 Å². The smallest absolute Gasteiger partial charge is 0.107 e. The van der Waals surface area contributed by atoms with Crippen molar-refractivity contribution in [2.24, 2.45) is 12.8 Å². The third-order valence-electron chi connectivity index (χ3n) is 2.56. The van der Waals surface area contributed by atoms with Gasteiger partial charge in [-0.3, -0.25) is 4.68 Å². The first-order valence-electron chi connectivity index (χ1n) is 5.93. The maximum Gasteiger partial charge on any atom is 0.107 e. The molecule has 0 radical (unpaired) electrons. The minimum atomic E-state index is 0.406. The molecule has 2 rings (SSSR count). The number of aromatic nitrogens is 2. The van der Waals surface area contributed by atoms with Crippen LogP contribution in [0.15, 0.2) is 35.5 Å². The highest BCUT2D eigenvalue weighted by molar-refractivity contribution is 7.99. The summed E-state index contributed by atoms with van der Waals surface area (Å²) >= 11 is 6.91. The zero-order valence-electron chi connectivity index (χ0n) is 10.9. The minimum absolute atomic E-state index is 0.406. The number of thiocarbonyl (C=S) groups is 1. The highest BCUT2D eigenvalue weighted by atomic mass is 32.2. The van der Waals surface area contributed by atoms with Crippen LogP contribution in [0.25, 0.3) is 0 Å².